The SMILES string of the molecule is CCCCCCCCCCCCCCCCCCCCCCCCCCCCCCC(=O)NC(COC1OC(CO)C(O)C(O)C1O)C(O)CCCCCCCCCCCCC. The zero-order valence-electron chi connectivity index (χ0n) is 40.9. The quantitative estimate of drug-likeness (QED) is 0.0331. The summed E-state index contributed by atoms with van der Waals surface area (Å²) in [4.78, 5) is 13.0. The predicted octanol–water partition coefficient (Wildman–Crippen LogP) is 12.7. The van der Waals surface area contributed by atoms with Crippen molar-refractivity contribution in [3.63, 3.8) is 0 Å². The van der Waals surface area contributed by atoms with Gasteiger partial charge in [0.2, 0.25) is 5.91 Å². The molecule has 0 aliphatic carbocycles. The molecule has 6 N–H and O–H groups in total. The van der Waals surface area contributed by atoms with Crippen LogP contribution < -0.4 is 5.32 Å². The first kappa shape index (κ1) is 59.2. The van der Waals surface area contributed by atoms with E-state index in [1.165, 1.54) is 212 Å². The summed E-state index contributed by atoms with van der Waals surface area (Å²) >= 11 is 0. The van der Waals surface area contributed by atoms with E-state index in [4.69, 9.17) is 9.47 Å². The van der Waals surface area contributed by atoms with Gasteiger partial charge in [-0.15, -0.1) is 0 Å². The van der Waals surface area contributed by atoms with E-state index in [1.54, 1.807) is 0 Å². The van der Waals surface area contributed by atoms with Gasteiger partial charge >= 0.3 is 0 Å². The number of hydrogen-bond donors (Lipinski definition) is 6. The molecule has 370 valence electrons. The average molecular weight is 884 g/mol. The molecular weight excluding hydrogens is 779 g/mol. The van der Waals surface area contributed by atoms with Crippen molar-refractivity contribution in [2.45, 2.75) is 320 Å². The highest BCUT2D eigenvalue weighted by molar-refractivity contribution is 5.76. The Balaban J connectivity index is 2.11. The first-order valence-electron chi connectivity index (χ1n) is 27.2. The monoisotopic (exact) mass is 884 g/mol. The third-order valence-corrected chi connectivity index (χ3v) is 13.5. The van der Waals surface area contributed by atoms with E-state index < -0.39 is 49.5 Å². The second kappa shape index (κ2) is 44.0. The van der Waals surface area contributed by atoms with Crippen molar-refractivity contribution < 1.29 is 39.8 Å². The van der Waals surface area contributed by atoms with Gasteiger partial charge in [0, 0.05) is 6.42 Å². The number of aliphatic hydroxyl groups excluding tert-OH is 5. The normalized spacial score (nSPS) is 20.1. The third kappa shape index (κ3) is 33.6. The van der Waals surface area contributed by atoms with E-state index >= 15 is 0 Å². The Kier molecular flexibility index (Phi) is 42.1. The van der Waals surface area contributed by atoms with Gasteiger partial charge in [-0.05, 0) is 12.8 Å². The maximum atomic E-state index is 13.0. The van der Waals surface area contributed by atoms with E-state index in [2.05, 4.69) is 19.2 Å². The van der Waals surface area contributed by atoms with E-state index in [-0.39, 0.29) is 12.5 Å². The maximum Gasteiger partial charge on any atom is 0.220 e. The van der Waals surface area contributed by atoms with Crippen LogP contribution in [0.25, 0.3) is 0 Å². The van der Waals surface area contributed by atoms with Crippen LogP contribution in [-0.2, 0) is 14.3 Å². The Labute approximate surface area is 383 Å². The average Bonchev–Trinajstić information content (AvgIpc) is 3.27. The van der Waals surface area contributed by atoms with E-state index in [9.17, 15) is 30.3 Å². The highest BCUT2D eigenvalue weighted by Gasteiger charge is 2.44. The molecule has 0 spiro atoms. The summed E-state index contributed by atoms with van der Waals surface area (Å²) in [6.07, 6.45) is 44.3. The lowest BCUT2D eigenvalue weighted by atomic mass is 9.99. The van der Waals surface area contributed by atoms with E-state index in [1.807, 2.05) is 0 Å². The molecule has 9 nitrogen and oxygen atoms in total. The van der Waals surface area contributed by atoms with Crippen LogP contribution in [0.2, 0.25) is 0 Å². The molecule has 1 heterocycles. The van der Waals surface area contributed by atoms with E-state index in [0.29, 0.717) is 12.8 Å². The fraction of sp³-hybridized carbons (Fsp3) is 0.981. The lowest BCUT2D eigenvalue weighted by Crippen LogP contribution is -2.60. The Bertz CT molecular complexity index is 939. The molecule has 0 bridgehead atoms. The second-order valence-electron chi connectivity index (χ2n) is 19.4. The summed E-state index contributed by atoms with van der Waals surface area (Å²) in [5.41, 5.74) is 0. The lowest BCUT2D eigenvalue weighted by molar-refractivity contribution is -0.302. The van der Waals surface area contributed by atoms with Crippen LogP contribution in [0.3, 0.4) is 0 Å². The number of aliphatic hydroxyl groups is 5. The Hall–Kier alpha value is -0.810. The highest BCUT2D eigenvalue weighted by Crippen LogP contribution is 2.23. The molecule has 9 heteroatoms. The van der Waals surface area contributed by atoms with Crippen LogP contribution >= 0.6 is 0 Å². The van der Waals surface area contributed by atoms with Gasteiger partial charge in [-0.2, -0.15) is 0 Å². The standard InChI is InChI=1S/C53H105NO8/c1-3-5-7-9-11-13-15-16-17-18-19-20-21-22-23-24-25-26-27-28-29-30-31-33-35-37-39-41-43-49(57)54-46(45-61-53-52(60)51(59)50(58)48(44-55)62-53)47(56)42-40-38-36-34-32-14-12-10-8-6-4-2/h46-48,50-53,55-56,58-60H,3-45H2,1-2H3,(H,54,57). The van der Waals surface area contributed by atoms with Gasteiger partial charge in [0.25, 0.3) is 0 Å². The van der Waals surface area contributed by atoms with Gasteiger partial charge in [0.15, 0.2) is 6.29 Å². The molecule has 0 aromatic rings. The first-order chi connectivity index (χ1) is 30.3. The number of amides is 1. The van der Waals surface area contributed by atoms with Gasteiger partial charge in [0.05, 0.1) is 25.4 Å². The number of nitrogens with one attached hydrogen (secondary N) is 1. The smallest absolute Gasteiger partial charge is 0.220 e. The zero-order valence-corrected chi connectivity index (χ0v) is 40.9. The van der Waals surface area contributed by atoms with Crippen molar-refractivity contribution in [1.29, 1.82) is 0 Å². The first-order valence-corrected chi connectivity index (χ1v) is 27.2. The molecule has 1 aliphatic rings. The Morgan fingerprint density at radius 3 is 1.15 bits per heavy atom. The summed E-state index contributed by atoms with van der Waals surface area (Å²) in [6.45, 7) is 3.85. The largest absolute Gasteiger partial charge is 0.394 e. The van der Waals surface area contributed by atoms with Crippen LogP contribution in [0.1, 0.15) is 277 Å². The van der Waals surface area contributed by atoms with Gasteiger partial charge in [-0.1, -0.05) is 258 Å². The van der Waals surface area contributed by atoms with Crippen molar-refractivity contribution in [3.05, 3.63) is 0 Å². The highest BCUT2D eigenvalue weighted by atomic mass is 16.7. The van der Waals surface area contributed by atoms with Crippen molar-refractivity contribution in [1.82, 2.24) is 5.32 Å². The lowest BCUT2D eigenvalue weighted by Gasteiger charge is -2.40. The summed E-state index contributed by atoms with van der Waals surface area (Å²) in [7, 11) is 0. The van der Waals surface area contributed by atoms with Gasteiger partial charge in [-0.3, -0.25) is 4.79 Å². The fourth-order valence-corrected chi connectivity index (χ4v) is 9.11. The van der Waals surface area contributed by atoms with Crippen molar-refractivity contribution in [2.24, 2.45) is 0 Å². The van der Waals surface area contributed by atoms with Crippen molar-refractivity contribution >= 4 is 5.91 Å². The minimum Gasteiger partial charge on any atom is -0.394 e. The van der Waals surface area contributed by atoms with E-state index in [0.717, 1.165) is 38.5 Å². The molecule has 7 unspecified atom stereocenters. The van der Waals surface area contributed by atoms with Crippen molar-refractivity contribution in [2.75, 3.05) is 13.2 Å². The molecule has 1 amide bonds. The second-order valence-corrected chi connectivity index (χ2v) is 19.4. The predicted molar refractivity (Wildman–Crippen MR) is 258 cm³/mol. The molecule has 0 aromatic carbocycles. The van der Waals surface area contributed by atoms with Crippen LogP contribution in [0.5, 0.6) is 0 Å². The molecule has 0 saturated carbocycles. The van der Waals surface area contributed by atoms with Crippen LogP contribution in [0.15, 0.2) is 0 Å². The summed E-state index contributed by atoms with van der Waals surface area (Å²) in [5, 5.41) is 54.4. The zero-order chi connectivity index (χ0) is 45.1. The molecule has 7 atom stereocenters. The number of ether oxygens (including phenoxy) is 2. The molecule has 1 fully saturated rings. The molecule has 0 radical (unpaired) electrons. The third-order valence-electron chi connectivity index (χ3n) is 13.5. The van der Waals surface area contributed by atoms with Crippen LogP contribution in [-0.4, -0.2) is 87.5 Å². The molecule has 0 aromatic heterocycles. The van der Waals surface area contributed by atoms with Crippen molar-refractivity contribution in [3.8, 4) is 0 Å². The number of hydrogen-bond acceptors (Lipinski definition) is 8. The number of rotatable bonds is 47. The van der Waals surface area contributed by atoms with Gasteiger partial charge in [0.1, 0.15) is 24.4 Å². The van der Waals surface area contributed by atoms with Gasteiger partial charge in [-0.25, -0.2) is 0 Å². The molecule has 1 saturated heterocycles. The molecule has 62 heavy (non-hydrogen) atoms. The fourth-order valence-electron chi connectivity index (χ4n) is 9.11. The van der Waals surface area contributed by atoms with Crippen LogP contribution in [0.4, 0.5) is 0 Å². The number of carbonyl (C=O) groups is 1. The summed E-state index contributed by atoms with van der Waals surface area (Å²) in [6, 6.07) is -0.711. The minimum absolute atomic E-state index is 0.132. The molecular formula is C53H105NO8. The Morgan fingerprint density at radius 2 is 0.806 bits per heavy atom. The molecule has 1 rings (SSSR count). The van der Waals surface area contributed by atoms with Gasteiger partial charge < -0.3 is 40.3 Å². The van der Waals surface area contributed by atoms with Crippen LogP contribution in [0, 0.1) is 0 Å². The molecule has 1 aliphatic heterocycles. The Morgan fingerprint density at radius 1 is 0.484 bits per heavy atom. The topological polar surface area (TPSA) is 149 Å². The number of unbranched alkanes of at least 4 members (excludes halogenated alkanes) is 37. The maximum absolute atomic E-state index is 13.0. The minimum atomic E-state index is -1.55. The number of carbonyl (C=O) groups excluding carboxylic acids is 1. The summed E-state index contributed by atoms with van der Waals surface area (Å²) in [5.74, 6) is -0.139. The summed E-state index contributed by atoms with van der Waals surface area (Å²) < 4.78 is 11.3.